The lowest BCUT2D eigenvalue weighted by Gasteiger charge is -2.34. The molecule has 1 spiro atoms. The number of rotatable bonds is 2. The lowest BCUT2D eigenvalue weighted by Crippen LogP contribution is -2.40. The Labute approximate surface area is 100 Å². The largest absolute Gasteiger partial charge is 0.370 e. The average molecular weight is 235 g/mol. The van der Waals surface area contributed by atoms with Gasteiger partial charge in [0.25, 0.3) is 0 Å². The zero-order chi connectivity index (χ0) is 10.8. The summed E-state index contributed by atoms with van der Waals surface area (Å²) in [5.74, 6) is 0. The molecule has 0 aromatic carbocycles. The lowest BCUT2D eigenvalue weighted by molar-refractivity contribution is -0.00532. The molecule has 0 unspecified atom stereocenters. The van der Waals surface area contributed by atoms with Crippen LogP contribution in [0.3, 0.4) is 0 Å². The maximum absolute atomic E-state index is 6.21. The third-order valence-electron chi connectivity index (χ3n) is 4.67. The van der Waals surface area contributed by atoms with E-state index in [9.17, 15) is 0 Å². The molecule has 1 aromatic heterocycles. The molecule has 86 valence electrons. The molecule has 0 amide bonds. The van der Waals surface area contributed by atoms with Crippen LogP contribution in [0.2, 0.25) is 0 Å². The van der Waals surface area contributed by atoms with E-state index in [1.54, 1.807) is 5.56 Å². The first-order valence-corrected chi connectivity index (χ1v) is 7.06. The van der Waals surface area contributed by atoms with E-state index < -0.39 is 0 Å². The molecule has 0 bridgehead atoms. The Bertz CT molecular complexity index is 431. The Morgan fingerprint density at radius 1 is 1.38 bits per heavy atom. The third-order valence-corrected chi connectivity index (χ3v) is 5.63. The van der Waals surface area contributed by atoms with Crippen molar-refractivity contribution >= 4 is 11.3 Å². The highest BCUT2D eigenvalue weighted by atomic mass is 32.1. The summed E-state index contributed by atoms with van der Waals surface area (Å²) in [4.78, 5) is 1.51. The maximum Gasteiger partial charge on any atom is 0.110 e. The molecule has 1 atom stereocenters. The number of hydrogen-bond acceptors (Lipinski definition) is 3. The van der Waals surface area contributed by atoms with Crippen molar-refractivity contribution in [3.63, 3.8) is 0 Å². The normalized spacial score (nSPS) is 32.4. The molecule has 3 aliphatic rings. The van der Waals surface area contributed by atoms with Crippen molar-refractivity contribution in [2.45, 2.75) is 42.7 Å². The van der Waals surface area contributed by atoms with Gasteiger partial charge in [0.05, 0.1) is 6.61 Å². The van der Waals surface area contributed by atoms with E-state index in [1.807, 2.05) is 11.3 Å². The first-order valence-electron chi connectivity index (χ1n) is 6.18. The number of thiophene rings is 1. The SMILES string of the molecule is CNC1([C@H]2OCC3(CC3)c3ccsc32)CC1. The highest BCUT2D eigenvalue weighted by Crippen LogP contribution is 2.60. The second-order valence-electron chi connectivity index (χ2n) is 5.58. The van der Waals surface area contributed by atoms with Crippen LogP contribution in [0.5, 0.6) is 0 Å². The molecule has 2 heterocycles. The predicted octanol–water partition coefficient (Wildman–Crippen LogP) is 2.60. The Balaban J connectivity index is 1.77. The van der Waals surface area contributed by atoms with Crippen LogP contribution in [-0.2, 0) is 10.2 Å². The van der Waals surface area contributed by atoms with Gasteiger partial charge >= 0.3 is 0 Å². The molecule has 3 heteroatoms. The molecule has 2 nitrogen and oxygen atoms in total. The third kappa shape index (κ3) is 1.09. The van der Waals surface area contributed by atoms with Gasteiger partial charge in [-0.25, -0.2) is 0 Å². The summed E-state index contributed by atoms with van der Waals surface area (Å²) in [6.45, 7) is 0.949. The van der Waals surface area contributed by atoms with Gasteiger partial charge in [-0.2, -0.15) is 0 Å². The molecule has 2 fully saturated rings. The minimum Gasteiger partial charge on any atom is -0.370 e. The first-order chi connectivity index (χ1) is 7.80. The van der Waals surface area contributed by atoms with Gasteiger partial charge in [0.1, 0.15) is 6.10 Å². The van der Waals surface area contributed by atoms with Gasteiger partial charge in [0.15, 0.2) is 0 Å². The van der Waals surface area contributed by atoms with Crippen LogP contribution in [0.1, 0.15) is 42.2 Å². The fraction of sp³-hybridized carbons (Fsp3) is 0.692. The van der Waals surface area contributed by atoms with Crippen molar-refractivity contribution in [2.75, 3.05) is 13.7 Å². The smallest absolute Gasteiger partial charge is 0.110 e. The summed E-state index contributed by atoms with van der Waals surface area (Å²) in [6.07, 6.45) is 5.50. The summed E-state index contributed by atoms with van der Waals surface area (Å²) < 4.78 is 6.21. The molecule has 1 aliphatic heterocycles. The number of fused-ring (bicyclic) bond motifs is 2. The van der Waals surface area contributed by atoms with Crippen LogP contribution in [-0.4, -0.2) is 19.2 Å². The van der Waals surface area contributed by atoms with Crippen molar-refractivity contribution < 1.29 is 4.74 Å². The van der Waals surface area contributed by atoms with Crippen molar-refractivity contribution in [3.05, 3.63) is 21.9 Å². The summed E-state index contributed by atoms with van der Waals surface area (Å²) >= 11 is 1.89. The number of nitrogens with one attached hydrogen (secondary N) is 1. The van der Waals surface area contributed by atoms with Gasteiger partial charge in [0.2, 0.25) is 0 Å². The van der Waals surface area contributed by atoms with Crippen LogP contribution in [0.15, 0.2) is 11.4 Å². The van der Waals surface area contributed by atoms with Crippen molar-refractivity contribution in [3.8, 4) is 0 Å². The summed E-state index contributed by atoms with van der Waals surface area (Å²) in [5, 5.41) is 5.73. The van der Waals surface area contributed by atoms with Crippen LogP contribution in [0.4, 0.5) is 0 Å². The first kappa shape index (κ1) is 9.63. The molecule has 4 rings (SSSR count). The standard InChI is InChI=1S/C13H17NOS/c1-14-13(5-6-13)11-10-9(2-7-16-10)12(3-4-12)8-15-11/h2,7,11,14H,3-6,8H2,1H3/t11-/m0/s1. The highest BCUT2D eigenvalue weighted by Gasteiger charge is 2.57. The number of hydrogen-bond donors (Lipinski definition) is 1. The van der Waals surface area contributed by atoms with Crippen LogP contribution in [0, 0.1) is 0 Å². The molecule has 2 saturated carbocycles. The molecular weight excluding hydrogens is 218 g/mol. The van der Waals surface area contributed by atoms with E-state index in [4.69, 9.17) is 4.74 Å². The fourth-order valence-corrected chi connectivity index (χ4v) is 4.29. The van der Waals surface area contributed by atoms with Gasteiger partial charge in [-0.3, -0.25) is 0 Å². The minimum absolute atomic E-state index is 0.260. The van der Waals surface area contributed by atoms with Gasteiger partial charge < -0.3 is 10.1 Å². The highest BCUT2D eigenvalue weighted by molar-refractivity contribution is 7.10. The monoisotopic (exact) mass is 235 g/mol. The summed E-state index contributed by atoms with van der Waals surface area (Å²) in [7, 11) is 2.07. The maximum atomic E-state index is 6.21. The second kappa shape index (κ2) is 2.89. The van der Waals surface area contributed by atoms with E-state index in [0.717, 1.165) is 6.61 Å². The molecular formula is C13H17NOS. The van der Waals surface area contributed by atoms with E-state index in [1.165, 1.54) is 30.6 Å². The van der Waals surface area contributed by atoms with E-state index in [0.29, 0.717) is 11.5 Å². The molecule has 0 radical (unpaired) electrons. The van der Waals surface area contributed by atoms with Crippen LogP contribution >= 0.6 is 11.3 Å². The van der Waals surface area contributed by atoms with E-state index in [-0.39, 0.29) is 5.54 Å². The van der Waals surface area contributed by atoms with Gasteiger partial charge in [-0.1, -0.05) is 0 Å². The lowest BCUT2D eigenvalue weighted by atomic mass is 9.90. The van der Waals surface area contributed by atoms with Crippen LogP contribution in [0.25, 0.3) is 0 Å². The van der Waals surface area contributed by atoms with Crippen molar-refractivity contribution in [2.24, 2.45) is 0 Å². The van der Waals surface area contributed by atoms with Crippen LogP contribution < -0.4 is 5.32 Å². The molecule has 1 N–H and O–H groups in total. The summed E-state index contributed by atoms with van der Waals surface area (Å²) in [5.41, 5.74) is 2.29. The topological polar surface area (TPSA) is 21.3 Å². The molecule has 1 aromatic rings. The molecule has 16 heavy (non-hydrogen) atoms. The number of likely N-dealkylation sites (N-methyl/N-ethyl adjacent to an activating group) is 1. The Morgan fingerprint density at radius 3 is 2.81 bits per heavy atom. The molecule has 0 saturated heterocycles. The minimum atomic E-state index is 0.260. The number of ether oxygens (including phenoxy) is 1. The average Bonchev–Trinajstić information content (AvgIpc) is 3.21. The van der Waals surface area contributed by atoms with E-state index >= 15 is 0 Å². The van der Waals surface area contributed by atoms with Gasteiger partial charge in [-0.05, 0) is 49.7 Å². The Kier molecular flexibility index (Phi) is 1.74. The quantitative estimate of drug-likeness (QED) is 0.851. The Hall–Kier alpha value is -0.380. The predicted molar refractivity (Wildman–Crippen MR) is 64.9 cm³/mol. The zero-order valence-corrected chi connectivity index (χ0v) is 10.4. The molecule has 2 aliphatic carbocycles. The van der Waals surface area contributed by atoms with Gasteiger partial charge in [0, 0.05) is 15.8 Å². The van der Waals surface area contributed by atoms with Gasteiger partial charge in [-0.15, -0.1) is 11.3 Å². The fourth-order valence-electron chi connectivity index (χ4n) is 3.11. The van der Waals surface area contributed by atoms with E-state index in [2.05, 4.69) is 23.8 Å². The van der Waals surface area contributed by atoms with Crippen molar-refractivity contribution in [1.82, 2.24) is 5.32 Å². The van der Waals surface area contributed by atoms with Crippen molar-refractivity contribution in [1.29, 1.82) is 0 Å². The zero-order valence-electron chi connectivity index (χ0n) is 9.58. The Morgan fingerprint density at radius 2 is 2.19 bits per heavy atom. The second-order valence-corrected chi connectivity index (χ2v) is 6.52. The summed E-state index contributed by atoms with van der Waals surface area (Å²) in [6, 6.07) is 2.34.